The van der Waals surface area contributed by atoms with Gasteiger partial charge in [-0.2, -0.15) is 10.5 Å². The lowest BCUT2D eigenvalue weighted by atomic mass is 10.1. The molecule has 2 aliphatic heterocycles. The smallest absolute Gasteiger partial charge is 0.219 e. The normalized spacial score (nSPS) is 17.6. The Morgan fingerprint density at radius 3 is 2.72 bits per heavy atom. The summed E-state index contributed by atoms with van der Waals surface area (Å²) in [6.45, 7) is 4.93. The Hall–Kier alpha value is -2.04. The lowest BCUT2D eigenvalue weighted by Crippen LogP contribution is -2.48. The van der Waals surface area contributed by atoms with Gasteiger partial charge in [0.25, 0.3) is 0 Å². The number of hydrogen-bond donors (Lipinski definition) is 0. The maximum atomic E-state index is 11.3. The minimum absolute atomic E-state index is 0.157. The minimum atomic E-state index is 0.157. The zero-order valence-electron chi connectivity index (χ0n) is 10.3. The monoisotopic (exact) mass is 243 g/mol. The van der Waals surface area contributed by atoms with Gasteiger partial charge in [0, 0.05) is 44.4 Å². The van der Waals surface area contributed by atoms with Crippen LogP contribution in [0.2, 0.25) is 0 Å². The zero-order chi connectivity index (χ0) is 12.5. The summed E-state index contributed by atoms with van der Waals surface area (Å²) in [7, 11) is 0. The summed E-state index contributed by atoms with van der Waals surface area (Å²) in [5.41, 5.74) is 7.27. The Morgan fingerprint density at radius 1 is 1.22 bits per heavy atom. The molecule has 3 rings (SSSR count). The molecule has 0 aliphatic carbocycles. The largest absolute Gasteiger partial charge is 0.367 e. The summed E-state index contributed by atoms with van der Waals surface area (Å²) < 4.78 is 0. The summed E-state index contributed by atoms with van der Waals surface area (Å²) in [6.07, 6.45) is 1.81. The molecule has 0 N–H and O–H groups in total. The van der Waals surface area contributed by atoms with Crippen LogP contribution in [-0.2, 0) is 4.79 Å². The molecule has 0 atom stereocenters. The highest BCUT2D eigenvalue weighted by atomic mass is 16.2. The van der Waals surface area contributed by atoms with Crippen molar-refractivity contribution in [2.45, 2.75) is 6.92 Å². The van der Waals surface area contributed by atoms with Gasteiger partial charge in [-0.15, -0.1) is 0 Å². The van der Waals surface area contributed by atoms with E-state index in [1.165, 1.54) is 5.69 Å². The van der Waals surface area contributed by atoms with Gasteiger partial charge in [0.1, 0.15) is 0 Å². The van der Waals surface area contributed by atoms with Gasteiger partial charge < -0.3 is 9.80 Å². The molecule has 1 aromatic carbocycles. The SMILES string of the molecule is CC(=O)N1CCN(c2cccc3c2C=N[N]3)CC1. The quantitative estimate of drug-likeness (QED) is 0.737. The van der Waals surface area contributed by atoms with Crippen LogP contribution >= 0.6 is 0 Å². The highest BCUT2D eigenvalue weighted by molar-refractivity contribution is 5.96. The first-order valence-corrected chi connectivity index (χ1v) is 6.13. The number of anilines is 1. The van der Waals surface area contributed by atoms with Gasteiger partial charge in [0.15, 0.2) is 0 Å². The topological polar surface area (TPSA) is 50.0 Å². The predicted molar refractivity (Wildman–Crippen MR) is 70.3 cm³/mol. The standard InChI is InChI=1S/C13H15N4O/c1-10(18)16-5-7-17(8-6-16)13-4-2-3-12-11(13)9-14-15-12/h2-4,9H,5-8H2,1H3. The van der Waals surface area contributed by atoms with Crippen molar-refractivity contribution in [2.24, 2.45) is 5.10 Å². The summed E-state index contributed by atoms with van der Waals surface area (Å²) in [5.74, 6) is 0.157. The van der Waals surface area contributed by atoms with Crippen molar-refractivity contribution in [3.05, 3.63) is 23.8 Å². The van der Waals surface area contributed by atoms with Gasteiger partial charge in [0.05, 0.1) is 11.9 Å². The lowest BCUT2D eigenvalue weighted by molar-refractivity contribution is -0.129. The van der Waals surface area contributed by atoms with E-state index in [1.54, 1.807) is 6.92 Å². The average Bonchev–Trinajstić information content (AvgIpc) is 2.87. The van der Waals surface area contributed by atoms with E-state index >= 15 is 0 Å². The molecule has 0 saturated carbocycles. The lowest BCUT2D eigenvalue weighted by Gasteiger charge is -2.36. The predicted octanol–water partition coefficient (Wildman–Crippen LogP) is 0.939. The molecule has 1 radical (unpaired) electrons. The van der Waals surface area contributed by atoms with E-state index in [0.717, 1.165) is 37.4 Å². The van der Waals surface area contributed by atoms with Gasteiger partial charge in [-0.25, -0.2) is 0 Å². The average molecular weight is 243 g/mol. The van der Waals surface area contributed by atoms with Crippen molar-refractivity contribution in [1.82, 2.24) is 10.3 Å². The molecular weight excluding hydrogens is 228 g/mol. The Labute approximate surface area is 106 Å². The second-order valence-corrected chi connectivity index (χ2v) is 4.55. The van der Waals surface area contributed by atoms with Crippen molar-refractivity contribution in [3.63, 3.8) is 0 Å². The van der Waals surface area contributed by atoms with Crippen LogP contribution in [0.1, 0.15) is 12.5 Å². The van der Waals surface area contributed by atoms with Crippen LogP contribution in [0.3, 0.4) is 0 Å². The van der Waals surface area contributed by atoms with E-state index in [-0.39, 0.29) is 5.91 Å². The minimum Gasteiger partial charge on any atom is -0.367 e. The maximum absolute atomic E-state index is 11.3. The molecule has 0 bridgehead atoms. The first-order valence-electron chi connectivity index (χ1n) is 6.13. The first kappa shape index (κ1) is 11.1. The fraction of sp³-hybridized carbons (Fsp3) is 0.385. The van der Waals surface area contributed by atoms with Crippen LogP contribution in [0.5, 0.6) is 0 Å². The molecule has 2 aliphatic rings. The number of benzene rings is 1. The van der Waals surface area contributed by atoms with Crippen molar-refractivity contribution >= 4 is 23.5 Å². The number of piperazine rings is 1. The molecule has 5 heteroatoms. The zero-order valence-corrected chi connectivity index (χ0v) is 10.3. The van der Waals surface area contributed by atoms with E-state index in [9.17, 15) is 4.79 Å². The van der Waals surface area contributed by atoms with Gasteiger partial charge in [-0.1, -0.05) is 6.07 Å². The number of hydrogen-bond acceptors (Lipinski definition) is 3. The van der Waals surface area contributed by atoms with E-state index in [0.29, 0.717) is 0 Å². The van der Waals surface area contributed by atoms with Crippen LogP contribution in [0, 0.1) is 0 Å². The summed E-state index contributed by atoms with van der Waals surface area (Å²) in [6, 6.07) is 6.07. The second-order valence-electron chi connectivity index (χ2n) is 4.55. The number of rotatable bonds is 1. The van der Waals surface area contributed by atoms with E-state index < -0.39 is 0 Å². The second kappa shape index (κ2) is 4.33. The molecule has 0 spiro atoms. The molecule has 1 fully saturated rings. The van der Waals surface area contributed by atoms with E-state index in [1.807, 2.05) is 23.2 Å². The van der Waals surface area contributed by atoms with E-state index in [4.69, 9.17) is 0 Å². The summed E-state index contributed by atoms with van der Waals surface area (Å²) >= 11 is 0. The van der Waals surface area contributed by atoms with Crippen molar-refractivity contribution < 1.29 is 4.79 Å². The van der Waals surface area contributed by atoms with Gasteiger partial charge in [0.2, 0.25) is 5.91 Å². The molecule has 0 aromatic heterocycles. The molecule has 5 nitrogen and oxygen atoms in total. The van der Waals surface area contributed by atoms with Crippen LogP contribution in [0.25, 0.3) is 0 Å². The van der Waals surface area contributed by atoms with Gasteiger partial charge >= 0.3 is 0 Å². The molecule has 1 amide bonds. The third-order valence-corrected chi connectivity index (χ3v) is 3.48. The van der Waals surface area contributed by atoms with Crippen LogP contribution in [0.15, 0.2) is 23.3 Å². The van der Waals surface area contributed by atoms with Crippen molar-refractivity contribution in [2.75, 3.05) is 31.1 Å². The van der Waals surface area contributed by atoms with Gasteiger partial charge in [-0.3, -0.25) is 4.79 Å². The molecule has 1 saturated heterocycles. The molecule has 18 heavy (non-hydrogen) atoms. The Morgan fingerprint density at radius 2 is 2.00 bits per heavy atom. The summed E-state index contributed by atoms with van der Waals surface area (Å²) in [5, 5.41) is 3.96. The van der Waals surface area contributed by atoms with Gasteiger partial charge in [-0.05, 0) is 12.1 Å². The Balaban J connectivity index is 1.79. The Kier molecular flexibility index (Phi) is 2.66. The van der Waals surface area contributed by atoms with Crippen LogP contribution < -0.4 is 10.3 Å². The number of nitrogens with zero attached hydrogens (tertiary/aromatic N) is 4. The highest BCUT2D eigenvalue weighted by Gasteiger charge is 2.22. The number of fused-ring (bicyclic) bond motifs is 1. The molecule has 0 unspecified atom stereocenters. The fourth-order valence-corrected chi connectivity index (χ4v) is 2.45. The maximum Gasteiger partial charge on any atom is 0.219 e. The summed E-state index contributed by atoms with van der Waals surface area (Å²) in [4.78, 5) is 15.5. The third kappa shape index (κ3) is 1.81. The van der Waals surface area contributed by atoms with Crippen molar-refractivity contribution in [1.29, 1.82) is 0 Å². The molecular formula is C13H15N4O. The highest BCUT2D eigenvalue weighted by Crippen LogP contribution is 2.29. The third-order valence-electron chi connectivity index (χ3n) is 3.48. The first-order chi connectivity index (χ1) is 8.75. The van der Waals surface area contributed by atoms with Crippen LogP contribution in [-0.4, -0.2) is 43.2 Å². The van der Waals surface area contributed by atoms with Crippen molar-refractivity contribution in [3.8, 4) is 0 Å². The number of carbonyl (C=O) groups is 1. The molecule has 2 heterocycles. The van der Waals surface area contributed by atoms with Crippen LogP contribution in [0.4, 0.5) is 11.4 Å². The Bertz CT molecular complexity index is 504. The molecule has 1 aromatic rings. The van der Waals surface area contributed by atoms with E-state index in [2.05, 4.69) is 21.5 Å². The fourth-order valence-electron chi connectivity index (χ4n) is 2.45. The number of amides is 1. The number of carbonyl (C=O) groups excluding carboxylic acids is 1. The molecule has 93 valence electrons.